The average molecular weight is 221 g/mol. The summed E-state index contributed by atoms with van der Waals surface area (Å²) in [6, 6.07) is 3.84. The van der Waals surface area contributed by atoms with Gasteiger partial charge in [0.15, 0.2) is 0 Å². The summed E-state index contributed by atoms with van der Waals surface area (Å²) in [4.78, 5) is 11.6. The van der Waals surface area contributed by atoms with Gasteiger partial charge in [0.25, 0.3) is 0 Å². The minimum Gasteiger partial charge on any atom is -0.354 e. The van der Waals surface area contributed by atoms with Crippen LogP contribution in [0.4, 0.5) is 0 Å². The maximum Gasteiger partial charge on any atom is 0.239 e. The molecule has 0 aliphatic heterocycles. The maximum absolute atomic E-state index is 11.6. The molecule has 1 atom stereocenters. The molecule has 0 saturated heterocycles. The summed E-state index contributed by atoms with van der Waals surface area (Å²) in [6.07, 6.45) is 4.42. The first kappa shape index (κ1) is 11.2. The molecule has 2 rings (SSSR count). The number of amides is 1. The van der Waals surface area contributed by atoms with Crippen LogP contribution in [0.1, 0.15) is 31.5 Å². The van der Waals surface area contributed by atoms with Crippen molar-refractivity contribution in [2.24, 2.45) is 11.7 Å². The van der Waals surface area contributed by atoms with E-state index in [-0.39, 0.29) is 11.9 Å². The fourth-order valence-corrected chi connectivity index (χ4v) is 1.78. The van der Waals surface area contributed by atoms with Crippen LogP contribution in [0.5, 0.6) is 0 Å². The Balaban J connectivity index is 1.86. The maximum atomic E-state index is 11.6. The molecule has 1 fully saturated rings. The highest BCUT2D eigenvalue weighted by Gasteiger charge is 2.21. The first-order valence-corrected chi connectivity index (χ1v) is 5.84. The molecule has 0 radical (unpaired) electrons. The predicted molar refractivity (Wildman–Crippen MR) is 62.8 cm³/mol. The molecule has 1 aromatic heterocycles. The summed E-state index contributed by atoms with van der Waals surface area (Å²) in [7, 11) is 0. The lowest BCUT2D eigenvalue weighted by Crippen LogP contribution is -2.30. The summed E-state index contributed by atoms with van der Waals surface area (Å²) in [6.45, 7) is 3.12. The number of rotatable bonds is 5. The zero-order valence-corrected chi connectivity index (χ0v) is 9.65. The van der Waals surface area contributed by atoms with Gasteiger partial charge in [-0.25, -0.2) is 0 Å². The zero-order chi connectivity index (χ0) is 11.5. The Morgan fingerprint density at radius 3 is 3.06 bits per heavy atom. The molecule has 4 heteroatoms. The summed E-state index contributed by atoms with van der Waals surface area (Å²) < 4.78 is 1.91. The molecule has 1 aliphatic rings. The van der Waals surface area contributed by atoms with Crippen molar-refractivity contribution >= 4 is 5.91 Å². The standard InChI is InChI=1S/C12H19N3O/c1-9(13)11-3-2-6-15(11)8-12(16)14-7-10-4-5-10/h2-3,6,9-10H,4-5,7-8,13H2,1H3,(H,14,16). The van der Waals surface area contributed by atoms with Gasteiger partial charge in [0.05, 0.1) is 0 Å². The number of nitrogens with zero attached hydrogens (tertiary/aromatic N) is 1. The highest BCUT2D eigenvalue weighted by molar-refractivity contribution is 5.75. The van der Waals surface area contributed by atoms with Crippen molar-refractivity contribution in [3.8, 4) is 0 Å². The summed E-state index contributed by atoms with van der Waals surface area (Å²) >= 11 is 0. The highest BCUT2D eigenvalue weighted by Crippen LogP contribution is 2.27. The van der Waals surface area contributed by atoms with Gasteiger partial charge >= 0.3 is 0 Å². The van der Waals surface area contributed by atoms with Gasteiger partial charge in [0.1, 0.15) is 6.54 Å². The SMILES string of the molecule is CC(N)c1cccn1CC(=O)NCC1CC1. The number of hydrogen-bond donors (Lipinski definition) is 2. The second-order valence-corrected chi connectivity index (χ2v) is 4.60. The number of carbonyl (C=O) groups is 1. The van der Waals surface area contributed by atoms with E-state index in [4.69, 9.17) is 5.73 Å². The van der Waals surface area contributed by atoms with Crippen LogP contribution in [-0.4, -0.2) is 17.0 Å². The molecule has 3 N–H and O–H groups in total. The lowest BCUT2D eigenvalue weighted by molar-refractivity contribution is -0.121. The van der Waals surface area contributed by atoms with E-state index in [9.17, 15) is 4.79 Å². The Morgan fingerprint density at radius 1 is 1.69 bits per heavy atom. The van der Waals surface area contributed by atoms with Gasteiger partial charge in [-0.05, 0) is 37.8 Å². The van der Waals surface area contributed by atoms with E-state index in [0.717, 1.165) is 18.2 Å². The summed E-state index contributed by atoms with van der Waals surface area (Å²) in [5.74, 6) is 0.798. The minimum absolute atomic E-state index is 0.0359. The molecule has 1 heterocycles. The number of nitrogens with two attached hydrogens (primary N) is 1. The van der Waals surface area contributed by atoms with Gasteiger partial charge in [-0.3, -0.25) is 4.79 Å². The van der Waals surface area contributed by atoms with Crippen LogP contribution in [0.3, 0.4) is 0 Å². The van der Waals surface area contributed by atoms with Crippen LogP contribution in [0.25, 0.3) is 0 Å². The lowest BCUT2D eigenvalue weighted by atomic mass is 10.2. The van der Waals surface area contributed by atoms with Crippen molar-refractivity contribution in [3.63, 3.8) is 0 Å². The van der Waals surface area contributed by atoms with Crippen molar-refractivity contribution in [2.75, 3.05) is 6.54 Å². The van der Waals surface area contributed by atoms with Gasteiger partial charge in [0, 0.05) is 24.5 Å². The molecule has 0 aromatic carbocycles. The molecule has 1 aliphatic carbocycles. The average Bonchev–Trinajstić information content (AvgIpc) is 2.95. The van der Waals surface area contributed by atoms with Gasteiger partial charge in [-0.15, -0.1) is 0 Å². The Bertz CT molecular complexity index is 366. The normalized spacial score (nSPS) is 17.1. The van der Waals surface area contributed by atoms with Gasteiger partial charge < -0.3 is 15.6 Å². The first-order chi connectivity index (χ1) is 7.66. The molecule has 1 saturated carbocycles. The number of aromatic nitrogens is 1. The van der Waals surface area contributed by atoms with Crippen LogP contribution < -0.4 is 11.1 Å². The molecule has 1 aromatic rings. The smallest absolute Gasteiger partial charge is 0.239 e. The first-order valence-electron chi connectivity index (χ1n) is 5.84. The van der Waals surface area contributed by atoms with Crippen LogP contribution >= 0.6 is 0 Å². The van der Waals surface area contributed by atoms with Crippen molar-refractivity contribution in [1.29, 1.82) is 0 Å². The summed E-state index contributed by atoms with van der Waals surface area (Å²) in [5.41, 5.74) is 6.82. The summed E-state index contributed by atoms with van der Waals surface area (Å²) in [5, 5.41) is 2.95. The predicted octanol–water partition coefficient (Wildman–Crippen LogP) is 1.03. The zero-order valence-electron chi connectivity index (χ0n) is 9.65. The van der Waals surface area contributed by atoms with E-state index in [2.05, 4.69) is 5.32 Å². The van der Waals surface area contributed by atoms with Crippen molar-refractivity contribution in [1.82, 2.24) is 9.88 Å². The molecule has 1 unspecified atom stereocenters. The van der Waals surface area contributed by atoms with E-state index in [0.29, 0.717) is 6.54 Å². The van der Waals surface area contributed by atoms with E-state index < -0.39 is 0 Å². The Hall–Kier alpha value is -1.29. The molecular formula is C12H19N3O. The molecule has 4 nitrogen and oxygen atoms in total. The van der Waals surface area contributed by atoms with Gasteiger partial charge in [-0.2, -0.15) is 0 Å². The third-order valence-corrected chi connectivity index (χ3v) is 2.93. The van der Waals surface area contributed by atoms with Gasteiger partial charge in [0.2, 0.25) is 5.91 Å². The fourth-order valence-electron chi connectivity index (χ4n) is 1.78. The topological polar surface area (TPSA) is 60.0 Å². The van der Waals surface area contributed by atoms with E-state index in [1.54, 1.807) is 0 Å². The highest BCUT2D eigenvalue weighted by atomic mass is 16.1. The molecule has 0 bridgehead atoms. The molecule has 1 amide bonds. The molecule has 0 spiro atoms. The Morgan fingerprint density at radius 2 is 2.44 bits per heavy atom. The van der Waals surface area contributed by atoms with Crippen LogP contribution in [0.2, 0.25) is 0 Å². The van der Waals surface area contributed by atoms with Crippen molar-refractivity contribution in [3.05, 3.63) is 24.0 Å². The molecular weight excluding hydrogens is 202 g/mol. The van der Waals surface area contributed by atoms with Crippen LogP contribution in [0.15, 0.2) is 18.3 Å². The Kier molecular flexibility index (Phi) is 3.29. The monoisotopic (exact) mass is 221 g/mol. The van der Waals surface area contributed by atoms with Crippen LogP contribution in [-0.2, 0) is 11.3 Å². The van der Waals surface area contributed by atoms with E-state index >= 15 is 0 Å². The minimum atomic E-state index is -0.0359. The second kappa shape index (κ2) is 4.70. The van der Waals surface area contributed by atoms with Gasteiger partial charge in [-0.1, -0.05) is 0 Å². The van der Waals surface area contributed by atoms with Crippen molar-refractivity contribution < 1.29 is 4.79 Å². The van der Waals surface area contributed by atoms with E-state index in [1.165, 1.54) is 12.8 Å². The Labute approximate surface area is 95.8 Å². The quantitative estimate of drug-likeness (QED) is 0.780. The molecule has 16 heavy (non-hydrogen) atoms. The van der Waals surface area contributed by atoms with E-state index in [1.807, 2.05) is 29.8 Å². The number of nitrogens with one attached hydrogen (secondary N) is 1. The van der Waals surface area contributed by atoms with Crippen LogP contribution in [0, 0.1) is 5.92 Å². The number of hydrogen-bond acceptors (Lipinski definition) is 2. The largest absolute Gasteiger partial charge is 0.354 e. The molecule has 88 valence electrons. The van der Waals surface area contributed by atoms with Crippen molar-refractivity contribution in [2.45, 2.75) is 32.4 Å². The third kappa shape index (κ3) is 2.85. The third-order valence-electron chi connectivity index (χ3n) is 2.93. The lowest BCUT2D eigenvalue weighted by Gasteiger charge is -2.11. The fraction of sp³-hybridized carbons (Fsp3) is 0.583. The second-order valence-electron chi connectivity index (χ2n) is 4.60. The number of carbonyl (C=O) groups excluding carboxylic acids is 1.